The van der Waals surface area contributed by atoms with Crippen molar-refractivity contribution < 1.29 is 0 Å². The van der Waals surface area contributed by atoms with Gasteiger partial charge in [0.1, 0.15) is 0 Å². The van der Waals surface area contributed by atoms with E-state index in [1.165, 1.54) is 58.2 Å². The van der Waals surface area contributed by atoms with Crippen LogP contribution < -0.4 is 5.32 Å². The van der Waals surface area contributed by atoms with Crippen molar-refractivity contribution in [1.29, 1.82) is 0 Å². The van der Waals surface area contributed by atoms with E-state index in [2.05, 4.69) is 37.9 Å². The van der Waals surface area contributed by atoms with Crippen LogP contribution in [0.15, 0.2) is 0 Å². The van der Waals surface area contributed by atoms with Gasteiger partial charge in [-0.15, -0.1) is 0 Å². The summed E-state index contributed by atoms with van der Waals surface area (Å²) in [6, 6.07) is 1.45. The molecular weight excluding hydrogens is 232 g/mol. The molecule has 1 heterocycles. The van der Waals surface area contributed by atoms with Crippen molar-refractivity contribution >= 4 is 0 Å². The zero-order valence-electron chi connectivity index (χ0n) is 13.5. The quantitative estimate of drug-likeness (QED) is 0.789. The molecule has 112 valence electrons. The summed E-state index contributed by atoms with van der Waals surface area (Å²) < 4.78 is 0. The molecule has 1 atom stereocenters. The predicted octanol–water partition coefficient (Wildman–Crippen LogP) is 3.67. The molecule has 1 N–H and O–H groups in total. The van der Waals surface area contributed by atoms with E-state index in [1.807, 2.05) is 0 Å². The second-order valence-electron chi connectivity index (χ2n) is 7.76. The van der Waals surface area contributed by atoms with Gasteiger partial charge in [0.15, 0.2) is 0 Å². The van der Waals surface area contributed by atoms with Crippen LogP contribution in [0, 0.1) is 11.3 Å². The monoisotopic (exact) mass is 266 g/mol. The van der Waals surface area contributed by atoms with Crippen LogP contribution in [0.1, 0.15) is 66.2 Å². The second kappa shape index (κ2) is 6.58. The maximum absolute atomic E-state index is 3.91. The highest BCUT2D eigenvalue weighted by Crippen LogP contribution is 2.42. The highest BCUT2D eigenvalue weighted by Gasteiger charge is 2.35. The number of nitrogens with zero attached hydrogens (tertiary/aromatic N) is 1. The summed E-state index contributed by atoms with van der Waals surface area (Å²) in [6.07, 6.45) is 8.59. The van der Waals surface area contributed by atoms with Gasteiger partial charge in [-0.05, 0) is 57.4 Å². The third-order valence-electron chi connectivity index (χ3n) is 5.22. The zero-order valence-corrected chi connectivity index (χ0v) is 13.5. The average Bonchev–Trinajstić information content (AvgIpc) is 2.94. The van der Waals surface area contributed by atoms with Crippen molar-refractivity contribution in [2.75, 3.05) is 19.6 Å². The Morgan fingerprint density at radius 3 is 2.37 bits per heavy atom. The van der Waals surface area contributed by atoms with Gasteiger partial charge in [0, 0.05) is 25.2 Å². The van der Waals surface area contributed by atoms with E-state index < -0.39 is 0 Å². The Kier molecular flexibility index (Phi) is 5.30. The lowest BCUT2D eigenvalue weighted by molar-refractivity contribution is 0.210. The number of rotatable bonds is 6. The van der Waals surface area contributed by atoms with Crippen LogP contribution in [-0.2, 0) is 0 Å². The standard InChI is InChI=1S/C17H34N2/c1-14(2)11-17(8-5-6-9-17)13-18-16-7-10-19(12-16)15(3)4/h14-16,18H,5-13H2,1-4H3. The van der Waals surface area contributed by atoms with Crippen LogP contribution in [0.2, 0.25) is 0 Å². The number of likely N-dealkylation sites (tertiary alicyclic amines) is 1. The van der Waals surface area contributed by atoms with E-state index in [1.54, 1.807) is 0 Å². The summed E-state index contributed by atoms with van der Waals surface area (Å²) >= 11 is 0. The maximum Gasteiger partial charge on any atom is 0.0207 e. The van der Waals surface area contributed by atoms with E-state index in [0.29, 0.717) is 11.5 Å². The molecule has 0 radical (unpaired) electrons. The summed E-state index contributed by atoms with van der Waals surface area (Å²) in [7, 11) is 0. The third kappa shape index (κ3) is 4.19. The van der Waals surface area contributed by atoms with E-state index in [9.17, 15) is 0 Å². The van der Waals surface area contributed by atoms with Gasteiger partial charge in [0.2, 0.25) is 0 Å². The maximum atomic E-state index is 3.91. The normalized spacial score (nSPS) is 27.8. The first-order chi connectivity index (χ1) is 9.01. The molecule has 0 aromatic rings. The molecule has 0 amide bonds. The van der Waals surface area contributed by atoms with Crippen LogP contribution in [0.5, 0.6) is 0 Å². The molecule has 0 aromatic carbocycles. The Morgan fingerprint density at radius 2 is 1.84 bits per heavy atom. The fourth-order valence-electron chi connectivity index (χ4n) is 4.23. The third-order valence-corrected chi connectivity index (χ3v) is 5.22. The minimum absolute atomic E-state index is 0.624. The fourth-order valence-corrected chi connectivity index (χ4v) is 4.23. The first kappa shape index (κ1) is 15.3. The molecule has 2 rings (SSSR count). The summed E-state index contributed by atoms with van der Waals surface area (Å²) in [5.74, 6) is 0.843. The van der Waals surface area contributed by atoms with Crippen LogP contribution in [0.25, 0.3) is 0 Å². The molecular formula is C17H34N2. The lowest BCUT2D eigenvalue weighted by atomic mass is 9.78. The van der Waals surface area contributed by atoms with Gasteiger partial charge in [-0.3, -0.25) is 4.90 Å². The zero-order chi connectivity index (χ0) is 13.9. The van der Waals surface area contributed by atoms with E-state index in [0.717, 1.165) is 12.0 Å². The van der Waals surface area contributed by atoms with Gasteiger partial charge in [0.05, 0.1) is 0 Å². The van der Waals surface area contributed by atoms with Crippen LogP contribution in [-0.4, -0.2) is 36.6 Å². The Labute approximate surface area is 120 Å². The molecule has 1 aliphatic carbocycles. The Bertz CT molecular complexity index is 266. The fraction of sp³-hybridized carbons (Fsp3) is 1.00. The first-order valence-electron chi connectivity index (χ1n) is 8.48. The molecule has 2 fully saturated rings. The Hall–Kier alpha value is -0.0800. The first-order valence-corrected chi connectivity index (χ1v) is 8.48. The highest BCUT2D eigenvalue weighted by molar-refractivity contribution is 4.90. The predicted molar refractivity (Wildman–Crippen MR) is 83.5 cm³/mol. The molecule has 0 aromatic heterocycles. The minimum Gasteiger partial charge on any atom is -0.312 e. The van der Waals surface area contributed by atoms with E-state index in [-0.39, 0.29) is 0 Å². The van der Waals surface area contributed by atoms with Crippen molar-refractivity contribution in [1.82, 2.24) is 10.2 Å². The van der Waals surface area contributed by atoms with E-state index >= 15 is 0 Å². The summed E-state index contributed by atoms with van der Waals surface area (Å²) in [6.45, 7) is 13.2. The summed E-state index contributed by atoms with van der Waals surface area (Å²) in [5, 5.41) is 3.91. The Morgan fingerprint density at radius 1 is 1.16 bits per heavy atom. The number of hydrogen-bond acceptors (Lipinski definition) is 2. The van der Waals surface area contributed by atoms with Gasteiger partial charge in [0.25, 0.3) is 0 Å². The minimum atomic E-state index is 0.624. The molecule has 1 saturated heterocycles. The molecule has 1 unspecified atom stereocenters. The highest BCUT2D eigenvalue weighted by atomic mass is 15.2. The lowest BCUT2D eigenvalue weighted by Crippen LogP contribution is -2.41. The van der Waals surface area contributed by atoms with Gasteiger partial charge in [-0.1, -0.05) is 26.7 Å². The van der Waals surface area contributed by atoms with Crippen LogP contribution >= 0.6 is 0 Å². The van der Waals surface area contributed by atoms with E-state index in [4.69, 9.17) is 0 Å². The lowest BCUT2D eigenvalue weighted by Gasteiger charge is -2.33. The molecule has 19 heavy (non-hydrogen) atoms. The molecule has 2 heteroatoms. The number of nitrogens with one attached hydrogen (secondary N) is 1. The van der Waals surface area contributed by atoms with Gasteiger partial charge in [-0.25, -0.2) is 0 Å². The van der Waals surface area contributed by atoms with Crippen molar-refractivity contribution in [3.8, 4) is 0 Å². The molecule has 1 aliphatic heterocycles. The topological polar surface area (TPSA) is 15.3 Å². The molecule has 1 saturated carbocycles. The van der Waals surface area contributed by atoms with Crippen molar-refractivity contribution in [3.63, 3.8) is 0 Å². The van der Waals surface area contributed by atoms with Crippen molar-refractivity contribution in [2.24, 2.45) is 11.3 Å². The molecule has 0 spiro atoms. The van der Waals surface area contributed by atoms with Crippen molar-refractivity contribution in [3.05, 3.63) is 0 Å². The summed E-state index contributed by atoms with van der Waals surface area (Å²) in [4.78, 5) is 2.61. The van der Waals surface area contributed by atoms with Gasteiger partial charge >= 0.3 is 0 Å². The smallest absolute Gasteiger partial charge is 0.0207 e. The number of hydrogen-bond donors (Lipinski definition) is 1. The second-order valence-corrected chi connectivity index (χ2v) is 7.76. The summed E-state index contributed by atoms with van der Waals surface area (Å²) in [5.41, 5.74) is 0.624. The SMILES string of the molecule is CC(C)CC1(CNC2CCN(C(C)C)C2)CCCC1. The van der Waals surface area contributed by atoms with Gasteiger partial charge in [-0.2, -0.15) is 0 Å². The van der Waals surface area contributed by atoms with Crippen LogP contribution in [0.3, 0.4) is 0 Å². The van der Waals surface area contributed by atoms with Gasteiger partial charge < -0.3 is 5.32 Å². The van der Waals surface area contributed by atoms with Crippen molar-refractivity contribution in [2.45, 2.75) is 78.3 Å². The van der Waals surface area contributed by atoms with Crippen LogP contribution in [0.4, 0.5) is 0 Å². The molecule has 0 bridgehead atoms. The Balaban J connectivity index is 1.80. The molecule has 2 aliphatic rings. The molecule has 2 nitrogen and oxygen atoms in total. The largest absolute Gasteiger partial charge is 0.312 e. The average molecular weight is 266 g/mol.